The van der Waals surface area contributed by atoms with Crippen LogP contribution in [0.1, 0.15) is 25.3 Å². The molecule has 0 aliphatic carbocycles. The molecule has 0 bridgehead atoms. The Bertz CT molecular complexity index is 822. The first-order chi connectivity index (χ1) is 15.1. The van der Waals surface area contributed by atoms with E-state index in [4.69, 9.17) is 5.73 Å². The summed E-state index contributed by atoms with van der Waals surface area (Å²) in [6.07, 6.45) is -0.284. The van der Waals surface area contributed by atoms with E-state index in [1.165, 1.54) is 11.8 Å². The van der Waals surface area contributed by atoms with Crippen LogP contribution in [0.15, 0.2) is 30.3 Å². The van der Waals surface area contributed by atoms with Crippen LogP contribution in [0.2, 0.25) is 0 Å². The van der Waals surface area contributed by atoms with E-state index in [9.17, 15) is 29.4 Å². The van der Waals surface area contributed by atoms with Crippen LogP contribution in [0.3, 0.4) is 0 Å². The number of rotatable bonds is 10. The molecule has 3 amide bonds. The first-order valence-electron chi connectivity index (χ1n) is 10.4. The average Bonchev–Trinajstić information content (AvgIpc) is 3.26. The first kappa shape index (κ1) is 25.6. The highest BCUT2D eigenvalue weighted by atomic mass is 32.1. The molecular formula is C21H30N4O6S. The monoisotopic (exact) mass is 466 g/mol. The van der Waals surface area contributed by atoms with Gasteiger partial charge in [0.25, 0.3) is 0 Å². The number of carbonyl (C=O) groups excluding carboxylic acids is 3. The van der Waals surface area contributed by atoms with Crippen molar-refractivity contribution in [1.29, 1.82) is 0 Å². The largest absolute Gasteiger partial charge is 0.480 e. The molecule has 1 aromatic rings. The van der Waals surface area contributed by atoms with Crippen LogP contribution in [-0.2, 0) is 25.6 Å². The highest BCUT2D eigenvalue weighted by Gasteiger charge is 2.38. The number of nitrogens with one attached hydrogen (secondary N) is 2. The molecule has 1 aromatic carbocycles. The zero-order valence-corrected chi connectivity index (χ0v) is 18.7. The normalized spacial score (nSPS) is 19.5. The molecule has 32 heavy (non-hydrogen) atoms. The summed E-state index contributed by atoms with van der Waals surface area (Å²) in [5.74, 6) is -2.98. The van der Waals surface area contributed by atoms with Gasteiger partial charge in [-0.15, -0.1) is 0 Å². The lowest BCUT2D eigenvalue weighted by atomic mass is 10.0. The third kappa shape index (κ3) is 6.68. The number of nitrogens with zero attached hydrogens (tertiary/aromatic N) is 1. The second-order valence-corrected chi connectivity index (χ2v) is 8.16. The Hall–Kier alpha value is -2.63. The molecule has 1 fully saturated rings. The number of nitrogens with two attached hydrogens (primary N) is 1. The Morgan fingerprint density at radius 1 is 1.22 bits per heavy atom. The smallest absolute Gasteiger partial charge is 0.326 e. The van der Waals surface area contributed by atoms with E-state index in [1.54, 1.807) is 30.3 Å². The number of thiol groups is 1. The van der Waals surface area contributed by atoms with Gasteiger partial charge >= 0.3 is 5.97 Å². The number of aliphatic carboxylic acids is 1. The van der Waals surface area contributed by atoms with Gasteiger partial charge in [0, 0.05) is 18.7 Å². The molecule has 0 aromatic heterocycles. The Kier molecular flexibility index (Phi) is 9.48. The molecule has 2 rings (SSSR count). The van der Waals surface area contributed by atoms with Crippen molar-refractivity contribution in [3.8, 4) is 0 Å². The predicted octanol–water partition coefficient (Wildman–Crippen LogP) is -1.09. The highest BCUT2D eigenvalue weighted by Crippen LogP contribution is 2.19. The van der Waals surface area contributed by atoms with Crippen LogP contribution in [0.5, 0.6) is 0 Å². The van der Waals surface area contributed by atoms with Gasteiger partial charge in [-0.3, -0.25) is 14.4 Å². The fourth-order valence-electron chi connectivity index (χ4n) is 3.56. The summed E-state index contributed by atoms with van der Waals surface area (Å²) in [6.45, 7) is 1.66. The molecule has 6 N–H and O–H groups in total. The van der Waals surface area contributed by atoms with Gasteiger partial charge in [-0.2, -0.15) is 12.6 Å². The van der Waals surface area contributed by atoms with E-state index in [1.807, 2.05) is 0 Å². The molecule has 5 atom stereocenters. The maximum atomic E-state index is 12.8. The minimum atomic E-state index is -1.39. The lowest BCUT2D eigenvalue weighted by Crippen LogP contribution is -2.59. The summed E-state index contributed by atoms with van der Waals surface area (Å²) in [5, 5.41) is 24.4. The number of likely N-dealkylation sites (tertiary alicyclic amines) is 1. The third-order valence-electron chi connectivity index (χ3n) is 5.31. The van der Waals surface area contributed by atoms with Crippen LogP contribution in [0.25, 0.3) is 0 Å². The molecular weight excluding hydrogens is 436 g/mol. The van der Waals surface area contributed by atoms with Crippen molar-refractivity contribution in [2.45, 2.75) is 56.5 Å². The summed E-state index contributed by atoms with van der Waals surface area (Å²) in [7, 11) is 0. The number of hydrogen-bond acceptors (Lipinski definition) is 7. The molecule has 1 aliphatic rings. The lowest BCUT2D eigenvalue weighted by Gasteiger charge is -2.29. The van der Waals surface area contributed by atoms with Crippen LogP contribution in [-0.4, -0.2) is 81.4 Å². The van der Waals surface area contributed by atoms with E-state index >= 15 is 0 Å². The number of carboxylic acids is 1. The van der Waals surface area contributed by atoms with Crippen molar-refractivity contribution >= 4 is 36.3 Å². The van der Waals surface area contributed by atoms with Crippen LogP contribution in [0, 0.1) is 0 Å². The minimum absolute atomic E-state index is 0.0366. The molecule has 176 valence electrons. The summed E-state index contributed by atoms with van der Waals surface area (Å²) in [5.41, 5.74) is 6.45. The Morgan fingerprint density at radius 2 is 1.88 bits per heavy atom. The van der Waals surface area contributed by atoms with E-state index in [2.05, 4.69) is 23.3 Å². The van der Waals surface area contributed by atoms with Crippen molar-refractivity contribution in [3.63, 3.8) is 0 Å². The van der Waals surface area contributed by atoms with E-state index < -0.39 is 54.0 Å². The van der Waals surface area contributed by atoms with Crippen molar-refractivity contribution in [2.24, 2.45) is 5.73 Å². The summed E-state index contributed by atoms with van der Waals surface area (Å²) in [4.78, 5) is 51.0. The number of carbonyl (C=O) groups is 4. The van der Waals surface area contributed by atoms with Gasteiger partial charge in [0.15, 0.2) is 0 Å². The fourth-order valence-corrected chi connectivity index (χ4v) is 3.72. The van der Waals surface area contributed by atoms with Gasteiger partial charge in [-0.05, 0) is 25.3 Å². The van der Waals surface area contributed by atoms with Crippen molar-refractivity contribution < 1.29 is 29.4 Å². The second-order valence-electron chi connectivity index (χ2n) is 7.79. The molecule has 1 saturated heterocycles. The molecule has 10 nitrogen and oxygen atoms in total. The average molecular weight is 467 g/mol. The molecule has 1 heterocycles. The van der Waals surface area contributed by atoms with Gasteiger partial charge in [0.2, 0.25) is 17.7 Å². The van der Waals surface area contributed by atoms with Crippen LogP contribution < -0.4 is 16.4 Å². The Labute approximate surface area is 191 Å². The second kappa shape index (κ2) is 11.8. The third-order valence-corrected chi connectivity index (χ3v) is 5.71. The van der Waals surface area contributed by atoms with Gasteiger partial charge < -0.3 is 31.5 Å². The van der Waals surface area contributed by atoms with E-state index in [0.29, 0.717) is 24.9 Å². The van der Waals surface area contributed by atoms with Gasteiger partial charge in [-0.1, -0.05) is 30.3 Å². The summed E-state index contributed by atoms with van der Waals surface area (Å²) >= 11 is 4.01. The standard InChI is InChI=1S/C21H30N4O6S/c1-12(26)17(19(28)23-15(21(30)31)10-13-6-3-2-4-7-13)24-18(27)16-8-5-9-25(16)20(29)14(22)11-32/h2-4,6-7,12,14-17,26,32H,5,8-11,22H2,1H3,(H,23,28)(H,24,27)(H,30,31). The highest BCUT2D eigenvalue weighted by molar-refractivity contribution is 7.80. The number of aliphatic hydroxyl groups is 1. The van der Waals surface area contributed by atoms with E-state index in [-0.39, 0.29) is 12.2 Å². The van der Waals surface area contributed by atoms with Crippen molar-refractivity contribution in [3.05, 3.63) is 35.9 Å². The number of benzene rings is 1. The Balaban J connectivity index is 2.08. The molecule has 11 heteroatoms. The molecule has 0 radical (unpaired) electrons. The number of carboxylic acid groups (broad SMARTS) is 1. The topological polar surface area (TPSA) is 162 Å². The van der Waals surface area contributed by atoms with Gasteiger partial charge in [-0.25, -0.2) is 4.79 Å². The van der Waals surface area contributed by atoms with Crippen LogP contribution in [0.4, 0.5) is 0 Å². The number of hydrogen-bond donors (Lipinski definition) is 6. The zero-order chi connectivity index (χ0) is 23.8. The molecule has 0 spiro atoms. The molecule has 1 aliphatic heterocycles. The van der Waals surface area contributed by atoms with Gasteiger partial charge in [0.05, 0.1) is 12.1 Å². The van der Waals surface area contributed by atoms with Crippen LogP contribution >= 0.6 is 12.6 Å². The molecule has 0 saturated carbocycles. The SMILES string of the molecule is CC(O)C(NC(=O)C1CCCN1C(=O)C(N)CS)C(=O)NC(Cc1ccccc1)C(=O)O. The maximum Gasteiger partial charge on any atom is 0.326 e. The summed E-state index contributed by atoms with van der Waals surface area (Å²) in [6, 6.07) is 4.44. The molecule has 5 unspecified atom stereocenters. The summed E-state index contributed by atoms with van der Waals surface area (Å²) < 4.78 is 0. The minimum Gasteiger partial charge on any atom is -0.480 e. The first-order valence-corrected chi connectivity index (χ1v) is 11.0. The lowest BCUT2D eigenvalue weighted by molar-refractivity contribution is -0.143. The number of aliphatic hydroxyl groups excluding tert-OH is 1. The van der Waals surface area contributed by atoms with Gasteiger partial charge in [0.1, 0.15) is 18.1 Å². The quantitative estimate of drug-likeness (QED) is 0.239. The predicted molar refractivity (Wildman–Crippen MR) is 120 cm³/mol. The zero-order valence-electron chi connectivity index (χ0n) is 17.8. The van der Waals surface area contributed by atoms with E-state index in [0.717, 1.165) is 0 Å². The fraction of sp³-hybridized carbons (Fsp3) is 0.524. The number of amides is 3. The maximum absolute atomic E-state index is 12.8. The van der Waals surface area contributed by atoms with Crippen molar-refractivity contribution in [2.75, 3.05) is 12.3 Å². The Morgan fingerprint density at radius 3 is 2.44 bits per heavy atom. The van der Waals surface area contributed by atoms with Crippen molar-refractivity contribution in [1.82, 2.24) is 15.5 Å².